The third-order valence-electron chi connectivity index (χ3n) is 5.25. The van der Waals surface area contributed by atoms with Gasteiger partial charge in [0.15, 0.2) is 0 Å². The summed E-state index contributed by atoms with van der Waals surface area (Å²) in [6.07, 6.45) is 4.28. The average molecular weight is 323 g/mol. The normalized spacial score (nSPS) is 26.8. The van der Waals surface area contributed by atoms with Crippen molar-refractivity contribution in [2.45, 2.75) is 32.1 Å². The monoisotopic (exact) mass is 323 g/mol. The van der Waals surface area contributed by atoms with Crippen LogP contribution in [0.15, 0.2) is 0 Å². The molecule has 3 rings (SSSR count). The lowest BCUT2D eigenvalue weighted by Gasteiger charge is -2.24. The highest BCUT2D eigenvalue weighted by atomic mass is 16.5. The van der Waals surface area contributed by atoms with Crippen LogP contribution < -0.4 is 0 Å². The Labute approximate surface area is 138 Å². The molecule has 1 unspecified atom stereocenters. The standard InChI is InChI=1S/C17H29N3O3/c21-16-3-1-7-19(16)9-4-17(22)20-8-2-6-18(10-11-20)13-15-5-12-23-14-15/h15H,1-14H2. The first-order valence-corrected chi connectivity index (χ1v) is 9.08. The molecule has 0 N–H and O–H groups in total. The van der Waals surface area contributed by atoms with E-state index in [1.807, 2.05) is 9.80 Å². The second-order valence-corrected chi connectivity index (χ2v) is 7.00. The molecular formula is C17H29N3O3. The minimum Gasteiger partial charge on any atom is -0.381 e. The van der Waals surface area contributed by atoms with Crippen LogP contribution in [0.1, 0.15) is 32.1 Å². The van der Waals surface area contributed by atoms with Gasteiger partial charge in [-0.2, -0.15) is 0 Å². The van der Waals surface area contributed by atoms with Crippen molar-refractivity contribution in [2.75, 3.05) is 59.0 Å². The average Bonchev–Trinajstić information content (AvgIpc) is 3.13. The van der Waals surface area contributed by atoms with Gasteiger partial charge in [0, 0.05) is 58.7 Å². The molecule has 6 heteroatoms. The van der Waals surface area contributed by atoms with Crippen molar-refractivity contribution >= 4 is 11.8 Å². The lowest BCUT2D eigenvalue weighted by Crippen LogP contribution is -2.38. The van der Waals surface area contributed by atoms with Crippen molar-refractivity contribution in [3.05, 3.63) is 0 Å². The highest BCUT2D eigenvalue weighted by molar-refractivity contribution is 5.80. The van der Waals surface area contributed by atoms with Crippen molar-refractivity contribution in [3.8, 4) is 0 Å². The Morgan fingerprint density at radius 3 is 2.78 bits per heavy atom. The molecule has 3 aliphatic rings. The molecular weight excluding hydrogens is 294 g/mol. The molecule has 0 aliphatic carbocycles. The van der Waals surface area contributed by atoms with Gasteiger partial charge in [-0.05, 0) is 31.7 Å². The van der Waals surface area contributed by atoms with Gasteiger partial charge in [-0.25, -0.2) is 0 Å². The van der Waals surface area contributed by atoms with Crippen LogP contribution in [-0.2, 0) is 14.3 Å². The summed E-state index contributed by atoms with van der Waals surface area (Å²) in [4.78, 5) is 30.3. The van der Waals surface area contributed by atoms with E-state index < -0.39 is 0 Å². The highest BCUT2D eigenvalue weighted by Gasteiger charge is 2.25. The van der Waals surface area contributed by atoms with Gasteiger partial charge in [0.2, 0.25) is 11.8 Å². The van der Waals surface area contributed by atoms with Gasteiger partial charge < -0.3 is 19.4 Å². The molecule has 0 bridgehead atoms. The first-order valence-electron chi connectivity index (χ1n) is 9.08. The van der Waals surface area contributed by atoms with Crippen molar-refractivity contribution in [1.29, 1.82) is 0 Å². The zero-order valence-corrected chi connectivity index (χ0v) is 14.0. The Kier molecular flexibility index (Phi) is 5.89. The number of amides is 2. The van der Waals surface area contributed by atoms with Gasteiger partial charge >= 0.3 is 0 Å². The third kappa shape index (κ3) is 4.67. The summed E-state index contributed by atoms with van der Waals surface area (Å²) in [5, 5.41) is 0. The van der Waals surface area contributed by atoms with Crippen LogP contribution in [0.4, 0.5) is 0 Å². The van der Waals surface area contributed by atoms with Crippen molar-refractivity contribution in [3.63, 3.8) is 0 Å². The van der Waals surface area contributed by atoms with Gasteiger partial charge in [-0.3, -0.25) is 9.59 Å². The molecule has 3 saturated heterocycles. The number of likely N-dealkylation sites (tertiary alicyclic amines) is 1. The predicted molar refractivity (Wildman–Crippen MR) is 87.0 cm³/mol. The molecule has 0 aromatic carbocycles. The fourth-order valence-electron chi connectivity index (χ4n) is 3.82. The van der Waals surface area contributed by atoms with E-state index in [9.17, 15) is 9.59 Å². The molecule has 0 aromatic rings. The Morgan fingerprint density at radius 1 is 1.13 bits per heavy atom. The second kappa shape index (κ2) is 8.11. The SMILES string of the molecule is O=C1CCCN1CCC(=O)N1CCCN(CC2CCOC2)CC1. The van der Waals surface area contributed by atoms with Crippen LogP contribution in [-0.4, -0.2) is 85.5 Å². The second-order valence-electron chi connectivity index (χ2n) is 7.00. The maximum atomic E-state index is 12.4. The predicted octanol–water partition coefficient (Wildman–Crippen LogP) is 0.570. The molecule has 3 aliphatic heterocycles. The van der Waals surface area contributed by atoms with Crippen LogP contribution in [0, 0.1) is 5.92 Å². The van der Waals surface area contributed by atoms with E-state index in [-0.39, 0.29) is 11.8 Å². The number of ether oxygens (including phenoxy) is 1. The largest absolute Gasteiger partial charge is 0.381 e. The van der Waals surface area contributed by atoms with Crippen molar-refractivity contribution in [1.82, 2.24) is 14.7 Å². The van der Waals surface area contributed by atoms with Crippen LogP contribution in [0.25, 0.3) is 0 Å². The summed E-state index contributed by atoms with van der Waals surface area (Å²) in [6, 6.07) is 0. The number of nitrogens with zero attached hydrogens (tertiary/aromatic N) is 3. The smallest absolute Gasteiger partial charge is 0.224 e. The molecule has 0 radical (unpaired) electrons. The van der Waals surface area contributed by atoms with Crippen LogP contribution >= 0.6 is 0 Å². The van der Waals surface area contributed by atoms with Gasteiger partial charge in [0.05, 0.1) is 6.61 Å². The lowest BCUT2D eigenvalue weighted by atomic mass is 10.1. The summed E-state index contributed by atoms with van der Waals surface area (Å²) < 4.78 is 5.46. The van der Waals surface area contributed by atoms with Crippen molar-refractivity contribution in [2.24, 2.45) is 5.92 Å². The zero-order valence-electron chi connectivity index (χ0n) is 14.0. The van der Waals surface area contributed by atoms with E-state index in [0.29, 0.717) is 25.3 Å². The Balaban J connectivity index is 1.39. The molecule has 0 aromatic heterocycles. The Hall–Kier alpha value is -1.14. The van der Waals surface area contributed by atoms with E-state index in [4.69, 9.17) is 4.74 Å². The number of hydrogen-bond acceptors (Lipinski definition) is 4. The summed E-state index contributed by atoms with van der Waals surface area (Å²) in [5.74, 6) is 1.08. The molecule has 3 fully saturated rings. The fourth-order valence-corrected chi connectivity index (χ4v) is 3.82. The minimum atomic E-state index is 0.204. The maximum absolute atomic E-state index is 12.4. The summed E-state index contributed by atoms with van der Waals surface area (Å²) in [6.45, 7) is 8.02. The topological polar surface area (TPSA) is 53.1 Å². The maximum Gasteiger partial charge on any atom is 0.224 e. The van der Waals surface area contributed by atoms with E-state index in [1.165, 1.54) is 6.42 Å². The van der Waals surface area contributed by atoms with Gasteiger partial charge in [-0.15, -0.1) is 0 Å². The number of carbonyl (C=O) groups is 2. The van der Waals surface area contributed by atoms with E-state index in [1.54, 1.807) is 0 Å². The molecule has 1 atom stereocenters. The number of rotatable bonds is 5. The molecule has 0 saturated carbocycles. The van der Waals surface area contributed by atoms with E-state index in [2.05, 4.69) is 4.90 Å². The molecule has 0 spiro atoms. The van der Waals surface area contributed by atoms with E-state index >= 15 is 0 Å². The Morgan fingerprint density at radius 2 is 2.04 bits per heavy atom. The zero-order chi connectivity index (χ0) is 16.1. The number of carbonyl (C=O) groups excluding carboxylic acids is 2. The Bertz CT molecular complexity index is 423. The van der Waals surface area contributed by atoms with Crippen LogP contribution in [0.3, 0.4) is 0 Å². The molecule has 23 heavy (non-hydrogen) atoms. The van der Waals surface area contributed by atoms with Crippen LogP contribution in [0.5, 0.6) is 0 Å². The van der Waals surface area contributed by atoms with Crippen molar-refractivity contribution < 1.29 is 14.3 Å². The van der Waals surface area contributed by atoms with Gasteiger partial charge in [0.25, 0.3) is 0 Å². The summed E-state index contributed by atoms with van der Waals surface area (Å²) in [5.41, 5.74) is 0. The molecule has 3 heterocycles. The highest BCUT2D eigenvalue weighted by Crippen LogP contribution is 2.16. The lowest BCUT2D eigenvalue weighted by molar-refractivity contribution is -0.132. The third-order valence-corrected chi connectivity index (χ3v) is 5.25. The molecule has 2 amide bonds. The summed E-state index contributed by atoms with van der Waals surface area (Å²) in [7, 11) is 0. The molecule has 6 nitrogen and oxygen atoms in total. The van der Waals surface area contributed by atoms with Gasteiger partial charge in [0.1, 0.15) is 0 Å². The first-order chi connectivity index (χ1) is 11.2. The number of hydrogen-bond donors (Lipinski definition) is 0. The van der Waals surface area contributed by atoms with Crippen LogP contribution in [0.2, 0.25) is 0 Å². The quantitative estimate of drug-likeness (QED) is 0.742. The van der Waals surface area contributed by atoms with Gasteiger partial charge in [-0.1, -0.05) is 0 Å². The minimum absolute atomic E-state index is 0.204. The summed E-state index contributed by atoms with van der Waals surface area (Å²) >= 11 is 0. The fraction of sp³-hybridized carbons (Fsp3) is 0.882. The first kappa shape index (κ1) is 16.7. The molecule has 130 valence electrons. The van der Waals surface area contributed by atoms with E-state index in [0.717, 1.165) is 65.3 Å².